The fourth-order valence-electron chi connectivity index (χ4n) is 4.01. The Bertz CT molecular complexity index is 689. The average Bonchev–Trinajstić information content (AvgIpc) is 2.77. The van der Waals surface area contributed by atoms with Crippen molar-refractivity contribution in [2.24, 2.45) is 0 Å². The lowest BCUT2D eigenvalue weighted by Gasteiger charge is -2.49. The quantitative estimate of drug-likeness (QED) is 0.381. The van der Waals surface area contributed by atoms with E-state index in [0.717, 1.165) is 5.56 Å². The zero-order valence-electron chi connectivity index (χ0n) is 16.4. The third-order valence-corrected chi connectivity index (χ3v) is 5.80. The predicted octanol–water partition coefficient (Wildman–Crippen LogP) is -1.57. The highest BCUT2D eigenvalue weighted by Crippen LogP contribution is 2.36. The number of hydrogen-bond donors (Lipinski definition) is 5. The summed E-state index contributed by atoms with van der Waals surface area (Å²) in [6.45, 7) is 1.25. The van der Waals surface area contributed by atoms with E-state index in [0.29, 0.717) is 0 Å². The highest BCUT2D eigenvalue weighted by Gasteiger charge is 2.53. The minimum absolute atomic E-state index is 0.205. The molecule has 3 fully saturated rings. The molecule has 0 unspecified atom stereocenters. The van der Waals surface area contributed by atoms with Gasteiger partial charge in [0.2, 0.25) is 0 Å². The van der Waals surface area contributed by atoms with Crippen LogP contribution in [0, 0.1) is 0 Å². The summed E-state index contributed by atoms with van der Waals surface area (Å²) >= 11 is 0. The molecule has 0 aliphatic carbocycles. The normalized spacial score (nSPS) is 46.9. The monoisotopic (exact) mass is 428 g/mol. The summed E-state index contributed by atoms with van der Waals surface area (Å²) in [5.74, 6) is 0. The topological polar surface area (TPSA) is 147 Å². The van der Waals surface area contributed by atoms with Crippen LogP contribution in [0.15, 0.2) is 30.3 Å². The molecule has 0 radical (unpaired) electrons. The summed E-state index contributed by atoms with van der Waals surface area (Å²) < 4.78 is 28.9. The van der Waals surface area contributed by atoms with E-state index in [1.807, 2.05) is 30.3 Å². The number of ether oxygens (including phenoxy) is 5. The van der Waals surface area contributed by atoms with Crippen molar-refractivity contribution in [3.05, 3.63) is 35.9 Å². The third kappa shape index (κ3) is 4.13. The van der Waals surface area contributed by atoms with Crippen LogP contribution >= 0.6 is 0 Å². The predicted molar refractivity (Wildman–Crippen MR) is 99.0 cm³/mol. The zero-order chi connectivity index (χ0) is 21.4. The van der Waals surface area contributed by atoms with Crippen LogP contribution in [0.25, 0.3) is 0 Å². The molecule has 3 aliphatic rings. The Labute approximate surface area is 173 Å². The summed E-state index contributed by atoms with van der Waals surface area (Å²) in [7, 11) is 0. The molecular formula is C20H28O10. The van der Waals surface area contributed by atoms with Crippen molar-refractivity contribution in [2.45, 2.75) is 74.4 Å². The zero-order valence-corrected chi connectivity index (χ0v) is 16.4. The lowest BCUT2D eigenvalue weighted by Crippen LogP contribution is -2.65. The number of aliphatic hydroxyl groups excluding tert-OH is 5. The van der Waals surface area contributed by atoms with Crippen LogP contribution in [0.4, 0.5) is 0 Å². The summed E-state index contributed by atoms with van der Waals surface area (Å²) in [6.07, 6.45) is -12.1. The number of rotatable bonds is 4. The Morgan fingerprint density at radius 1 is 0.933 bits per heavy atom. The van der Waals surface area contributed by atoms with E-state index in [1.165, 1.54) is 6.92 Å². The van der Waals surface area contributed by atoms with Gasteiger partial charge < -0.3 is 49.2 Å². The maximum absolute atomic E-state index is 10.7. The first-order valence-corrected chi connectivity index (χ1v) is 10.0. The van der Waals surface area contributed by atoms with Gasteiger partial charge in [-0.05, 0) is 12.5 Å². The fourth-order valence-corrected chi connectivity index (χ4v) is 4.01. The minimum Gasteiger partial charge on any atom is -0.394 e. The number of aliphatic hydroxyl groups is 5. The first kappa shape index (κ1) is 22.0. The van der Waals surface area contributed by atoms with Crippen molar-refractivity contribution < 1.29 is 49.2 Å². The fraction of sp³-hybridized carbons (Fsp3) is 0.700. The lowest BCUT2D eigenvalue weighted by molar-refractivity contribution is -0.384. The number of hydrogen-bond acceptors (Lipinski definition) is 10. The van der Waals surface area contributed by atoms with Crippen molar-refractivity contribution in [1.82, 2.24) is 0 Å². The summed E-state index contributed by atoms with van der Waals surface area (Å²) in [4.78, 5) is 0. The summed E-state index contributed by atoms with van der Waals surface area (Å²) in [5.41, 5.74) is 0.870. The van der Waals surface area contributed by atoms with Crippen molar-refractivity contribution in [2.75, 3.05) is 13.2 Å². The molecule has 4 rings (SSSR count). The molecule has 1 aromatic rings. The van der Waals surface area contributed by atoms with E-state index in [1.54, 1.807) is 0 Å². The van der Waals surface area contributed by atoms with E-state index in [2.05, 4.69) is 0 Å². The van der Waals surface area contributed by atoms with Crippen molar-refractivity contribution >= 4 is 0 Å². The average molecular weight is 428 g/mol. The maximum atomic E-state index is 10.7. The Morgan fingerprint density at radius 3 is 2.37 bits per heavy atom. The molecule has 11 atom stereocenters. The molecule has 3 aliphatic heterocycles. The van der Waals surface area contributed by atoms with Gasteiger partial charge in [0.1, 0.15) is 48.8 Å². The molecular weight excluding hydrogens is 400 g/mol. The number of benzene rings is 1. The molecule has 30 heavy (non-hydrogen) atoms. The first-order valence-electron chi connectivity index (χ1n) is 10.0. The number of fused-ring (bicyclic) bond motifs is 1. The summed E-state index contributed by atoms with van der Waals surface area (Å²) in [6, 6.07) is 9.38. The lowest BCUT2D eigenvalue weighted by atomic mass is 9.96. The Hall–Kier alpha value is -1.18. The van der Waals surface area contributed by atoms with Crippen LogP contribution in [-0.4, -0.2) is 100 Å². The van der Waals surface area contributed by atoms with Gasteiger partial charge in [-0.2, -0.15) is 0 Å². The van der Waals surface area contributed by atoms with E-state index < -0.39 is 74.1 Å². The second kappa shape index (κ2) is 9.13. The molecule has 0 saturated carbocycles. The SMILES string of the molecule is C[C@@H]1O[C@@H](O[C@H]2[C@H](O)[C@@H](CO)O[C@H]3OC[C@H](c4ccccc4)O[C@@H]32)[C@H](O)[C@H](O)[C@H]1O. The molecule has 168 valence electrons. The van der Waals surface area contributed by atoms with Gasteiger partial charge in [-0.1, -0.05) is 30.3 Å². The van der Waals surface area contributed by atoms with Gasteiger partial charge in [0, 0.05) is 0 Å². The third-order valence-electron chi connectivity index (χ3n) is 5.80. The van der Waals surface area contributed by atoms with Gasteiger partial charge in [-0.15, -0.1) is 0 Å². The molecule has 10 nitrogen and oxygen atoms in total. The highest BCUT2D eigenvalue weighted by molar-refractivity contribution is 5.18. The van der Waals surface area contributed by atoms with Crippen molar-refractivity contribution in [3.63, 3.8) is 0 Å². The van der Waals surface area contributed by atoms with Gasteiger partial charge in [0.25, 0.3) is 0 Å². The first-order chi connectivity index (χ1) is 14.4. The molecule has 0 bridgehead atoms. The van der Waals surface area contributed by atoms with Gasteiger partial charge in [-0.3, -0.25) is 0 Å². The van der Waals surface area contributed by atoms with Gasteiger partial charge in [-0.25, -0.2) is 0 Å². The molecule has 0 amide bonds. The van der Waals surface area contributed by atoms with Crippen LogP contribution in [0.5, 0.6) is 0 Å². The largest absolute Gasteiger partial charge is 0.394 e. The molecule has 0 spiro atoms. The van der Waals surface area contributed by atoms with E-state index >= 15 is 0 Å². The van der Waals surface area contributed by atoms with Crippen LogP contribution in [0.3, 0.4) is 0 Å². The summed E-state index contributed by atoms with van der Waals surface area (Å²) in [5, 5.41) is 50.6. The van der Waals surface area contributed by atoms with Gasteiger partial charge in [0.05, 0.1) is 19.3 Å². The Morgan fingerprint density at radius 2 is 1.67 bits per heavy atom. The Kier molecular flexibility index (Phi) is 6.70. The van der Waals surface area contributed by atoms with Gasteiger partial charge >= 0.3 is 0 Å². The Balaban J connectivity index is 1.55. The van der Waals surface area contributed by atoms with Crippen LogP contribution < -0.4 is 0 Å². The molecule has 10 heteroatoms. The van der Waals surface area contributed by atoms with E-state index in [-0.39, 0.29) is 6.61 Å². The van der Waals surface area contributed by atoms with Crippen LogP contribution in [-0.2, 0) is 23.7 Å². The molecule has 3 saturated heterocycles. The molecule has 0 aromatic heterocycles. The molecule has 1 aromatic carbocycles. The smallest absolute Gasteiger partial charge is 0.187 e. The maximum Gasteiger partial charge on any atom is 0.187 e. The van der Waals surface area contributed by atoms with Crippen molar-refractivity contribution in [1.29, 1.82) is 0 Å². The van der Waals surface area contributed by atoms with E-state index in [4.69, 9.17) is 23.7 Å². The van der Waals surface area contributed by atoms with Crippen LogP contribution in [0.1, 0.15) is 18.6 Å². The second-order valence-corrected chi connectivity index (χ2v) is 7.83. The standard InChI is InChI=1S/C20H28O10/c1-9-13(22)15(24)16(25)19(27-9)30-17-14(23)11(7-21)29-20-18(17)28-12(8-26-20)10-5-3-2-4-6-10/h2-6,9,11-25H,7-8H2,1H3/t9-,11+,12+,13-,14+,15+,16+,17-,18+,19-,20+/m0/s1. The minimum atomic E-state index is -1.55. The molecule has 3 heterocycles. The van der Waals surface area contributed by atoms with Crippen molar-refractivity contribution in [3.8, 4) is 0 Å². The highest BCUT2D eigenvalue weighted by atomic mass is 16.8. The van der Waals surface area contributed by atoms with Gasteiger partial charge in [0.15, 0.2) is 12.6 Å². The van der Waals surface area contributed by atoms with Crippen LogP contribution in [0.2, 0.25) is 0 Å². The van der Waals surface area contributed by atoms with E-state index in [9.17, 15) is 25.5 Å². The second-order valence-electron chi connectivity index (χ2n) is 7.83. The molecule has 5 N–H and O–H groups in total.